The molecule has 13 heteroatoms. The van der Waals surface area contributed by atoms with Crippen LogP contribution in [0.2, 0.25) is 0 Å². The van der Waals surface area contributed by atoms with E-state index in [9.17, 15) is 37.1 Å². The van der Waals surface area contributed by atoms with Gasteiger partial charge in [0.15, 0.2) is 0 Å². The quantitative estimate of drug-likeness (QED) is 0.257. The van der Waals surface area contributed by atoms with Crippen LogP contribution >= 0.6 is 0 Å². The van der Waals surface area contributed by atoms with E-state index in [1.165, 1.54) is 11.8 Å². The Kier molecular flexibility index (Phi) is 10.3. The summed E-state index contributed by atoms with van der Waals surface area (Å²) < 4.78 is 42.3. The lowest BCUT2D eigenvalue weighted by molar-refractivity contribution is -0.202. The van der Waals surface area contributed by atoms with Crippen molar-refractivity contribution < 1.29 is 41.9 Å². The number of hydrogen-bond acceptors (Lipinski definition) is 7. The number of aryl methyl sites for hydroxylation is 1. The van der Waals surface area contributed by atoms with Gasteiger partial charge >= 0.3 is 18.1 Å². The van der Waals surface area contributed by atoms with Crippen LogP contribution in [0.25, 0.3) is 0 Å². The van der Waals surface area contributed by atoms with Gasteiger partial charge in [-0.2, -0.15) is 13.2 Å². The molecule has 0 aromatic heterocycles. The molecule has 2 unspecified atom stereocenters. The van der Waals surface area contributed by atoms with Gasteiger partial charge in [-0.1, -0.05) is 54.6 Å². The molecule has 2 atom stereocenters. The highest BCUT2D eigenvalue weighted by atomic mass is 19.4. The van der Waals surface area contributed by atoms with E-state index >= 15 is 0 Å². The molecule has 3 aromatic rings. The Hall–Kier alpha value is -5.04. The smallest absolute Gasteiger partial charge is 0.386 e. The Morgan fingerprint density at radius 1 is 0.978 bits per heavy atom. The Morgan fingerprint density at radius 3 is 2.24 bits per heavy atom. The van der Waals surface area contributed by atoms with E-state index in [1.807, 2.05) is 0 Å². The van der Waals surface area contributed by atoms with E-state index in [0.717, 1.165) is 4.90 Å². The summed E-state index contributed by atoms with van der Waals surface area (Å²) >= 11 is 0. The van der Waals surface area contributed by atoms with Crippen LogP contribution in [0, 0.1) is 0 Å². The second kappa shape index (κ2) is 14.2. The number of para-hydroxylation sites is 1. The molecule has 3 aromatic carbocycles. The van der Waals surface area contributed by atoms with E-state index in [1.54, 1.807) is 78.9 Å². The SMILES string of the molecule is CC(CC(=O)OC(=O)C(F)(F)F)N1C(=O)c2cc(CCC(=O)NCCN)ccc2N(c2ccccc2)C(=O)C1c1ccccc1. The molecule has 10 nitrogen and oxygen atoms in total. The molecule has 236 valence electrons. The van der Waals surface area contributed by atoms with Crippen molar-refractivity contribution in [2.75, 3.05) is 18.0 Å². The van der Waals surface area contributed by atoms with Gasteiger partial charge in [-0.15, -0.1) is 0 Å². The number of benzene rings is 3. The number of nitrogens with zero attached hydrogens (tertiary/aromatic N) is 2. The highest BCUT2D eigenvalue weighted by Crippen LogP contribution is 2.40. The number of fused-ring (bicyclic) bond motifs is 1. The summed E-state index contributed by atoms with van der Waals surface area (Å²) in [5, 5.41) is 2.67. The van der Waals surface area contributed by atoms with Crippen molar-refractivity contribution >= 4 is 41.0 Å². The summed E-state index contributed by atoms with van der Waals surface area (Å²) in [5.41, 5.74) is 7.17. The molecule has 0 saturated heterocycles. The van der Waals surface area contributed by atoms with Gasteiger partial charge in [-0.3, -0.25) is 24.1 Å². The topological polar surface area (TPSA) is 139 Å². The predicted molar refractivity (Wildman–Crippen MR) is 157 cm³/mol. The van der Waals surface area contributed by atoms with Crippen LogP contribution in [0.5, 0.6) is 0 Å². The van der Waals surface area contributed by atoms with Gasteiger partial charge in [0.1, 0.15) is 6.04 Å². The Bertz CT molecular complexity index is 1570. The molecule has 1 aliphatic heterocycles. The van der Waals surface area contributed by atoms with Gasteiger partial charge < -0.3 is 20.7 Å². The van der Waals surface area contributed by atoms with Crippen molar-refractivity contribution in [3.63, 3.8) is 0 Å². The summed E-state index contributed by atoms with van der Waals surface area (Å²) in [6, 6.07) is 19.1. The van der Waals surface area contributed by atoms with Gasteiger partial charge in [0.25, 0.3) is 11.8 Å². The molecule has 0 radical (unpaired) electrons. The maximum Gasteiger partial charge on any atom is 0.491 e. The highest BCUT2D eigenvalue weighted by molar-refractivity contribution is 6.14. The standard InChI is InChI=1S/C32H31F3N4O6/c1-20(18-27(41)45-31(44)32(33,34)35)38-28(22-8-4-2-5-9-22)30(43)39(23-10-6-3-7-11-23)25-14-12-21(19-24(25)29(38)42)13-15-26(40)37-17-16-36/h2-12,14,19-20,28H,13,15-18,36H2,1H3,(H,37,40). The largest absolute Gasteiger partial charge is 0.491 e. The number of hydrogen-bond donors (Lipinski definition) is 2. The molecule has 1 heterocycles. The number of nitrogens with two attached hydrogens (primary N) is 1. The molecule has 1 aliphatic rings. The maximum absolute atomic E-state index is 14.5. The van der Waals surface area contributed by atoms with Gasteiger partial charge in [0.05, 0.1) is 17.7 Å². The minimum absolute atomic E-state index is 0.0667. The molecule has 45 heavy (non-hydrogen) atoms. The monoisotopic (exact) mass is 624 g/mol. The Morgan fingerprint density at radius 2 is 1.62 bits per heavy atom. The van der Waals surface area contributed by atoms with E-state index < -0.39 is 48.4 Å². The number of alkyl halides is 3. The van der Waals surface area contributed by atoms with E-state index in [-0.39, 0.29) is 36.5 Å². The zero-order valence-electron chi connectivity index (χ0n) is 24.3. The number of esters is 2. The molecule has 0 fully saturated rings. The van der Waals surface area contributed by atoms with Gasteiger partial charge in [0, 0.05) is 31.2 Å². The third-order valence-corrected chi connectivity index (χ3v) is 7.11. The number of amides is 3. The summed E-state index contributed by atoms with van der Waals surface area (Å²) in [5.74, 6) is -5.70. The van der Waals surface area contributed by atoms with Crippen LogP contribution in [0.15, 0.2) is 78.9 Å². The second-order valence-electron chi connectivity index (χ2n) is 10.3. The molecular formula is C32H31F3N4O6. The van der Waals surface area contributed by atoms with Gasteiger partial charge in [-0.25, -0.2) is 4.79 Å². The van der Waals surface area contributed by atoms with Crippen molar-refractivity contribution in [3.05, 3.63) is 95.6 Å². The van der Waals surface area contributed by atoms with Crippen LogP contribution in [0.3, 0.4) is 0 Å². The molecule has 0 spiro atoms. The highest BCUT2D eigenvalue weighted by Gasteiger charge is 2.45. The summed E-state index contributed by atoms with van der Waals surface area (Å²) in [6.45, 7) is 1.96. The second-order valence-corrected chi connectivity index (χ2v) is 10.3. The molecule has 4 rings (SSSR count). The molecule has 3 amide bonds. The van der Waals surface area contributed by atoms with Crippen molar-refractivity contribution in [2.24, 2.45) is 5.73 Å². The zero-order chi connectivity index (χ0) is 32.7. The van der Waals surface area contributed by atoms with Crippen molar-refractivity contribution in [2.45, 2.75) is 44.4 Å². The summed E-state index contributed by atoms with van der Waals surface area (Å²) in [7, 11) is 0. The average Bonchev–Trinajstić information content (AvgIpc) is 3.10. The molecule has 0 bridgehead atoms. The lowest BCUT2D eigenvalue weighted by Crippen LogP contribution is -2.46. The first-order valence-corrected chi connectivity index (χ1v) is 14.1. The molecule has 0 saturated carbocycles. The number of ether oxygens (including phenoxy) is 1. The van der Waals surface area contributed by atoms with E-state index in [0.29, 0.717) is 23.4 Å². The zero-order valence-corrected chi connectivity index (χ0v) is 24.3. The number of halogens is 3. The summed E-state index contributed by atoms with van der Waals surface area (Å²) in [6.07, 6.45) is -5.86. The third-order valence-electron chi connectivity index (χ3n) is 7.11. The fraction of sp³-hybridized carbons (Fsp3) is 0.281. The van der Waals surface area contributed by atoms with E-state index in [4.69, 9.17) is 5.73 Å². The van der Waals surface area contributed by atoms with Crippen LogP contribution in [-0.2, 0) is 30.3 Å². The lowest BCUT2D eigenvalue weighted by Gasteiger charge is -2.35. The number of carbonyl (C=O) groups is 5. The first-order valence-electron chi connectivity index (χ1n) is 14.1. The third kappa shape index (κ3) is 7.73. The van der Waals surface area contributed by atoms with Crippen molar-refractivity contribution in [1.82, 2.24) is 10.2 Å². The Balaban J connectivity index is 1.81. The van der Waals surface area contributed by atoms with Gasteiger partial charge in [-0.05, 0) is 48.7 Å². The summed E-state index contributed by atoms with van der Waals surface area (Å²) in [4.78, 5) is 67.4. The minimum Gasteiger partial charge on any atom is -0.386 e. The average molecular weight is 625 g/mol. The number of nitrogens with one attached hydrogen (secondary N) is 1. The van der Waals surface area contributed by atoms with Gasteiger partial charge in [0.2, 0.25) is 5.91 Å². The first kappa shape index (κ1) is 32.9. The fourth-order valence-corrected chi connectivity index (χ4v) is 5.06. The number of rotatable bonds is 10. The van der Waals surface area contributed by atoms with Crippen molar-refractivity contribution in [1.29, 1.82) is 0 Å². The number of anilines is 2. The van der Waals surface area contributed by atoms with Crippen molar-refractivity contribution in [3.8, 4) is 0 Å². The molecule has 3 N–H and O–H groups in total. The van der Waals surface area contributed by atoms with Crippen LogP contribution in [0.4, 0.5) is 24.5 Å². The minimum atomic E-state index is -5.40. The van der Waals surface area contributed by atoms with Crippen LogP contribution in [-0.4, -0.2) is 59.9 Å². The van der Waals surface area contributed by atoms with Crippen LogP contribution < -0.4 is 16.0 Å². The lowest BCUT2D eigenvalue weighted by atomic mass is 10.00. The fourth-order valence-electron chi connectivity index (χ4n) is 5.06. The van der Waals surface area contributed by atoms with E-state index in [2.05, 4.69) is 10.1 Å². The Labute approximate surface area is 256 Å². The normalized spacial score (nSPS) is 15.6. The molecule has 0 aliphatic carbocycles. The first-order chi connectivity index (χ1) is 21.4. The molecular weight excluding hydrogens is 593 g/mol. The van der Waals surface area contributed by atoms with Crippen LogP contribution in [0.1, 0.15) is 47.3 Å². The number of carbonyl (C=O) groups excluding carboxylic acids is 5. The predicted octanol–water partition coefficient (Wildman–Crippen LogP) is 3.97. The maximum atomic E-state index is 14.5.